The molecule has 2 aromatic carbocycles. The average molecular weight is 395 g/mol. The predicted octanol–water partition coefficient (Wildman–Crippen LogP) is 1.03. The fourth-order valence-electron chi connectivity index (χ4n) is 2.23. The summed E-state index contributed by atoms with van der Waals surface area (Å²) in [6.45, 7) is 0. The van der Waals surface area contributed by atoms with Gasteiger partial charge in [0.05, 0.1) is 9.79 Å². The standard InChI is InChI=1S/C16H17N3O5S2/c17-25(21,22)14-8-4-11(5-9-14)16(20)18-13-2-1-3-15(10-13)26(23,24)19-12-6-7-12/h1-5,8-10,12,19H,6-7H2,(H,18,20)(H2,17,21,22). The lowest BCUT2D eigenvalue weighted by atomic mass is 10.2. The molecule has 0 atom stereocenters. The fraction of sp³-hybridized carbons (Fsp3) is 0.188. The molecule has 4 N–H and O–H groups in total. The first-order valence-electron chi connectivity index (χ1n) is 7.72. The predicted molar refractivity (Wildman–Crippen MR) is 95.6 cm³/mol. The Bertz CT molecular complexity index is 1040. The maximum atomic E-state index is 12.3. The van der Waals surface area contributed by atoms with Gasteiger partial charge in [0, 0.05) is 17.3 Å². The third-order valence-electron chi connectivity index (χ3n) is 3.75. The number of nitrogens with two attached hydrogens (primary N) is 1. The summed E-state index contributed by atoms with van der Waals surface area (Å²) < 4.78 is 49.5. The smallest absolute Gasteiger partial charge is 0.255 e. The van der Waals surface area contributed by atoms with Gasteiger partial charge in [0.25, 0.3) is 5.91 Å². The molecule has 26 heavy (non-hydrogen) atoms. The SMILES string of the molecule is NS(=O)(=O)c1ccc(C(=O)Nc2cccc(S(=O)(=O)NC3CC3)c2)cc1. The van der Waals surface area contributed by atoms with Crippen molar-refractivity contribution in [2.24, 2.45) is 5.14 Å². The molecule has 0 bridgehead atoms. The minimum absolute atomic E-state index is 0.0180. The number of sulfonamides is 2. The number of carbonyl (C=O) groups excluding carboxylic acids is 1. The van der Waals surface area contributed by atoms with Gasteiger partial charge in [-0.05, 0) is 55.3 Å². The van der Waals surface area contributed by atoms with Crippen LogP contribution in [0.4, 0.5) is 5.69 Å². The van der Waals surface area contributed by atoms with Crippen LogP contribution in [0.5, 0.6) is 0 Å². The molecule has 3 rings (SSSR count). The lowest BCUT2D eigenvalue weighted by Crippen LogP contribution is -2.25. The first kappa shape index (κ1) is 18.5. The number of hydrogen-bond acceptors (Lipinski definition) is 5. The molecular weight excluding hydrogens is 378 g/mol. The third-order valence-corrected chi connectivity index (χ3v) is 6.19. The second-order valence-electron chi connectivity index (χ2n) is 5.95. The van der Waals surface area contributed by atoms with Crippen molar-refractivity contribution in [3.05, 3.63) is 54.1 Å². The van der Waals surface area contributed by atoms with E-state index >= 15 is 0 Å². The Morgan fingerprint density at radius 3 is 2.19 bits per heavy atom. The summed E-state index contributed by atoms with van der Waals surface area (Å²) in [5, 5.41) is 7.60. The number of rotatable bonds is 6. The Labute approximate surface area is 151 Å². The van der Waals surface area contributed by atoms with Crippen LogP contribution in [0, 0.1) is 0 Å². The molecule has 0 heterocycles. The van der Waals surface area contributed by atoms with E-state index in [0.717, 1.165) is 12.8 Å². The molecule has 0 spiro atoms. The van der Waals surface area contributed by atoms with E-state index in [0.29, 0.717) is 5.69 Å². The van der Waals surface area contributed by atoms with E-state index in [9.17, 15) is 21.6 Å². The summed E-state index contributed by atoms with van der Waals surface area (Å²) in [4.78, 5) is 12.2. The van der Waals surface area contributed by atoms with Gasteiger partial charge in [0.2, 0.25) is 20.0 Å². The van der Waals surface area contributed by atoms with E-state index in [4.69, 9.17) is 5.14 Å². The monoisotopic (exact) mass is 395 g/mol. The Hall–Kier alpha value is -2.27. The molecule has 0 radical (unpaired) electrons. The molecule has 0 saturated heterocycles. The van der Waals surface area contributed by atoms with Gasteiger partial charge in [-0.3, -0.25) is 4.79 Å². The van der Waals surface area contributed by atoms with E-state index < -0.39 is 26.0 Å². The highest BCUT2D eigenvalue weighted by Gasteiger charge is 2.28. The molecule has 0 aromatic heterocycles. The second kappa shape index (κ2) is 6.80. The number of benzene rings is 2. The molecule has 0 aliphatic heterocycles. The molecule has 0 unspecified atom stereocenters. The molecule has 2 aromatic rings. The van der Waals surface area contributed by atoms with Gasteiger partial charge >= 0.3 is 0 Å². The highest BCUT2D eigenvalue weighted by molar-refractivity contribution is 7.89. The van der Waals surface area contributed by atoms with Gasteiger partial charge in [-0.1, -0.05) is 6.07 Å². The largest absolute Gasteiger partial charge is 0.322 e. The van der Waals surface area contributed by atoms with Crippen LogP contribution in [0.3, 0.4) is 0 Å². The topological polar surface area (TPSA) is 135 Å². The zero-order chi connectivity index (χ0) is 18.9. The van der Waals surface area contributed by atoms with Gasteiger partial charge in [0.15, 0.2) is 0 Å². The lowest BCUT2D eigenvalue weighted by molar-refractivity contribution is 0.102. The van der Waals surface area contributed by atoms with E-state index in [-0.39, 0.29) is 21.4 Å². The van der Waals surface area contributed by atoms with Crippen molar-refractivity contribution >= 4 is 31.6 Å². The van der Waals surface area contributed by atoms with Crippen molar-refractivity contribution in [2.75, 3.05) is 5.32 Å². The zero-order valence-electron chi connectivity index (χ0n) is 13.5. The van der Waals surface area contributed by atoms with Crippen molar-refractivity contribution in [1.29, 1.82) is 0 Å². The van der Waals surface area contributed by atoms with Gasteiger partial charge in [-0.25, -0.2) is 26.7 Å². The number of primary sulfonamides is 1. The minimum atomic E-state index is -3.84. The molecular formula is C16H17N3O5S2. The summed E-state index contributed by atoms with van der Waals surface area (Å²) >= 11 is 0. The summed E-state index contributed by atoms with van der Waals surface area (Å²) in [5.74, 6) is -0.504. The average Bonchev–Trinajstić information content (AvgIpc) is 3.38. The zero-order valence-corrected chi connectivity index (χ0v) is 15.2. The summed E-state index contributed by atoms with van der Waals surface area (Å²) in [7, 11) is -7.46. The second-order valence-corrected chi connectivity index (χ2v) is 9.22. The van der Waals surface area contributed by atoms with Crippen LogP contribution in [0.25, 0.3) is 0 Å². The summed E-state index contributed by atoms with van der Waals surface area (Å²) in [6.07, 6.45) is 1.65. The van der Waals surface area contributed by atoms with Crippen LogP contribution in [-0.4, -0.2) is 28.8 Å². The van der Waals surface area contributed by atoms with Crippen molar-refractivity contribution in [3.63, 3.8) is 0 Å². The number of anilines is 1. The first-order chi connectivity index (χ1) is 12.1. The van der Waals surface area contributed by atoms with Crippen molar-refractivity contribution in [1.82, 2.24) is 4.72 Å². The van der Waals surface area contributed by atoms with Crippen LogP contribution in [0.2, 0.25) is 0 Å². The number of nitrogens with one attached hydrogen (secondary N) is 2. The fourth-order valence-corrected chi connectivity index (χ4v) is 4.09. The van der Waals surface area contributed by atoms with E-state index in [2.05, 4.69) is 10.0 Å². The molecule has 10 heteroatoms. The Morgan fingerprint density at radius 2 is 1.62 bits per heavy atom. The summed E-state index contributed by atoms with van der Waals surface area (Å²) in [6, 6.07) is 11.0. The van der Waals surface area contributed by atoms with Crippen molar-refractivity contribution in [3.8, 4) is 0 Å². The van der Waals surface area contributed by atoms with E-state index in [1.165, 1.54) is 42.5 Å². The van der Waals surface area contributed by atoms with E-state index in [1.807, 2.05) is 0 Å². The van der Waals surface area contributed by atoms with Gasteiger partial charge in [-0.15, -0.1) is 0 Å². The van der Waals surface area contributed by atoms with E-state index in [1.54, 1.807) is 6.07 Å². The maximum absolute atomic E-state index is 12.3. The minimum Gasteiger partial charge on any atom is -0.322 e. The molecule has 1 fully saturated rings. The van der Waals surface area contributed by atoms with Crippen LogP contribution < -0.4 is 15.2 Å². The van der Waals surface area contributed by atoms with Crippen LogP contribution >= 0.6 is 0 Å². The normalized spacial score (nSPS) is 14.8. The molecule has 1 amide bonds. The third kappa shape index (κ3) is 4.47. The van der Waals surface area contributed by atoms with Crippen molar-refractivity contribution < 1.29 is 21.6 Å². The number of hydrogen-bond donors (Lipinski definition) is 3. The molecule has 1 aliphatic carbocycles. The Morgan fingerprint density at radius 1 is 0.962 bits per heavy atom. The highest BCUT2D eigenvalue weighted by Crippen LogP contribution is 2.23. The Kier molecular flexibility index (Phi) is 4.84. The van der Waals surface area contributed by atoms with Crippen molar-refractivity contribution in [2.45, 2.75) is 28.7 Å². The quantitative estimate of drug-likeness (QED) is 0.671. The number of amides is 1. The highest BCUT2D eigenvalue weighted by atomic mass is 32.2. The molecule has 1 aliphatic rings. The van der Waals surface area contributed by atoms with Crippen LogP contribution in [0.1, 0.15) is 23.2 Å². The molecule has 1 saturated carbocycles. The molecule has 8 nitrogen and oxygen atoms in total. The maximum Gasteiger partial charge on any atom is 0.255 e. The lowest BCUT2D eigenvalue weighted by Gasteiger charge is -2.09. The Balaban J connectivity index is 1.76. The van der Waals surface area contributed by atoms with Gasteiger partial charge < -0.3 is 5.32 Å². The van der Waals surface area contributed by atoms with Crippen LogP contribution in [0.15, 0.2) is 58.3 Å². The molecule has 138 valence electrons. The summed E-state index contributed by atoms with van der Waals surface area (Å²) in [5.41, 5.74) is 0.519. The van der Waals surface area contributed by atoms with Crippen LogP contribution in [-0.2, 0) is 20.0 Å². The van der Waals surface area contributed by atoms with Gasteiger partial charge in [0.1, 0.15) is 0 Å². The number of carbonyl (C=O) groups is 1. The first-order valence-corrected chi connectivity index (χ1v) is 10.7. The van der Waals surface area contributed by atoms with Gasteiger partial charge in [-0.2, -0.15) is 0 Å².